The number of ether oxygens (including phenoxy) is 3. The topological polar surface area (TPSA) is 99.1 Å². The van der Waals surface area contributed by atoms with E-state index in [1.54, 1.807) is 24.3 Å². The average Bonchev–Trinajstić information content (AvgIpc) is 3.16. The number of carbonyl (C=O) groups is 3. The lowest BCUT2D eigenvalue weighted by molar-refractivity contribution is -0.298. The van der Waals surface area contributed by atoms with Crippen molar-refractivity contribution in [1.82, 2.24) is 0 Å². The van der Waals surface area contributed by atoms with Crippen LogP contribution in [-0.4, -0.2) is 47.4 Å². The zero-order chi connectivity index (χ0) is 27.7. The van der Waals surface area contributed by atoms with Gasteiger partial charge in [-0.05, 0) is 66.9 Å². The summed E-state index contributed by atoms with van der Waals surface area (Å²) in [5.41, 5.74) is -1.03. The van der Waals surface area contributed by atoms with Gasteiger partial charge < -0.3 is 19.3 Å². The van der Waals surface area contributed by atoms with Crippen molar-refractivity contribution in [2.24, 2.45) is 33.5 Å². The predicted octanol–water partition coefficient (Wildman–Crippen LogP) is 5.09. The SMILES string of the molecule is CC(=O)OC1C(OC(=O)c2ccccc2)C2C(C)(C)CCC(OC(C)=O)C2(C)C23CCC(C)(C2)C(O)CC13. The van der Waals surface area contributed by atoms with Crippen molar-refractivity contribution in [2.75, 3.05) is 0 Å². The summed E-state index contributed by atoms with van der Waals surface area (Å²) in [6, 6.07) is 8.85. The van der Waals surface area contributed by atoms with E-state index >= 15 is 0 Å². The van der Waals surface area contributed by atoms with E-state index in [1.807, 2.05) is 6.07 Å². The van der Waals surface area contributed by atoms with Gasteiger partial charge in [0.05, 0.1) is 11.7 Å². The van der Waals surface area contributed by atoms with Crippen LogP contribution < -0.4 is 0 Å². The van der Waals surface area contributed by atoms with Crippen molar-refractivity contribution >= 4 is 17.9 Å². The van der Waals surface area contributed by atoms with Gasteiger partial charge >= 0.3 is 17.9 Å². The minimum atomic E-state index is -0.752. The fourth-order valence-corrected chi connectivity index (χ4v) is 9.49. The van der Waals surface area contributed by atoms with Crippen LogP contribution in [0, 0.1) is 33.5 Å². The fourth-order valence-electron chi connectivity index (χ4n) is 9.49. The highest BCUT2D eigenvalue weighted by Crippen LogP contribution is 2.77. The standard InChI is InChI=1S/C31H42O7/c1-18(32)36-23-12-13-28(3,4)26-25(38-27(35)20-10-8-7-9-11-20)24(37-19(2)33)21-16-22(34)29(5)14-15-31(21,17-29)30(23,26)6/h7-11,21-26,34H,12-17H2,1-6H3. The molecule has 9 atom stereocenters. The lowest BCUT2D eigenvalue weighted by atomic mass is 9.36. The molecule has 208 valence electrons. The van der Waals surface area contributed by atoms with Gasteiger partial charge in [0.1, 0.15) is 18.3 Å². The van der Waals surface area contributed by atoms with Gasteiger partial charge in [-0.2, -0.15) is 0 Å². The Morgan fingerprint density at radius 3 is 2.16 bits per heavy atom. The normalized spacial score (nSPS) is 42.8. The number of rotatable bonds is 4. The third-order valence-corrected chi connectivity index (χ3v) is 11.0. The molecule has 4 aliphatic carbocycles. The average molecular weight is 527 g/mol. The Kier molecular flexibility index (Phi) is 6.49. The molecule has 1 aromatic rings. The third kappa shape index (κ3) is 3.90. The van der Waals surface area contributed by atoms with E-state index in [1.165, 1.54) is 13.8 Å². The molecule has 1 aromatic carbocycles. The molecule has 1 N–H and O–H groups in total. The molecule has 0 aromatic heterocycles. The number of carbonyl (C=O) groups excluding carboxylic acids is 3. The van der Waals surface area contributed by atoms with Gasteiger partial charge in [0.2, 0.25) is 0 Å². The molecule has 4 fully saturated rings. The second-order valence-electron chi connectivity index (χ2n) is 13.5. The highest BCUT2D eigenvalue weighted by atomic mass is 16.6. The van der Waals surface area contributed by atoms with Crippen molar-refractivity contribution in [1.29, 1.82) is 0 Å². The summed E-state index contributed by atoms with van der Waals surface area (Å²) >= 11 is 0. The van der Waals surface area contributed by atoms with E-state index in [0.29, 0.717) is 18.4 Å². The Morgan fingerprint density at radius 2 is 1.53 bits per heavy atom. The first-order valence-corrected chi connectivity index (χ1v) is 14.0. The zero-order valence-electron chi connectivity index (χ0n) is 23.5. The number of esters is 3. The number of hydrogen-bond acceptors (Lipinski definition) is 7. The molecule has 4 saturated carbocycles. The number of aliphatic hydroxyl groups is 1. The van der Waals surface area contributed by atoms with Crippen LogP contribution in [0.4, 0.5) is 0 Å². The van der Waals surface area contributed by atoms with E-state index in [2.05, 4.69) is 27.7 Å². The van der Waals surface area contributed by atoms with Crippen molar-refractivity contribution in [2.45, 2.75) is 104 Å². The highest BCUT2D eigenvalue weighted by Gasteiger charge is 2.77. The molecular weight excluding hydrogens is 484 g/mol. The molecule has 9 unspecified atom stereocenters. The molecule has 2 bridgehead atoms. The molecule has 0 radical (unpaired) electrons. The maximum absolute atomic E-state index is 13.5. The molecule has 0 heterocycles. The summed E-state index contributed by atoms with van der Waals surface area (Å²) in [5.74, 6) is -1.69. The third-order valence-electron chi connectivity index (χ3n) is 11.0. The Morgan fingerprint density at radius 1 is 0.868 bits per heavy atom. The van der Waals surface area contributed by atoms with E-state index < -0.39 is 35.7 Å². The second kappa shape index (κ2) is 9.07. The summed E-state index contributed by atoms with van der Waals surface area (Å²) in [4.78, 5) is 38.5. The summed E-state index contributed by atoms with van der Waals surface area (Å²) in [6.07, 6.45) is 1.99. The van der Waals surface area contributed by atoms with Crippen LogP contribution in [0.25, 0.3) is 0 Å². The molecule has 7 nitrogen and oxygen atoms in total. The summed E-state index contributed by atoms with van der Waals surface area (Å²) < 4.78 is 18.6. The zero-order valence-corrected chi connectivity index (χ0v) is 23.5. The molecule has 7 heteroatoms. The van der Waals surface area contributed by atoms with Crippen molar-refractivity contribution < 1.29 is 33.7 Å². The molecular formula is C31H42O7. The van der Waals surface area contributed by atoms with Crippen LogP contribution >= 0.6 is 0 Å². The van der Waals surface area contributed by atoms with Crippen LogP contribution in [0.2, 0.25) is 0 Å². The van der Waals surface area contributed by atoms with E-state index in [0.717, 1.165) is 25.7 Å². The van der Waals surface area contributed by atoms with Gasteiger partial charge in [0.25, 0.3) is 0 Å². The van der Waals surface area contributed by atoms with Crippen LogP contribution in [0.15, 0.2) is 30.3 Å². The second-order valence-corrected chi connectivity index (χ2v) is 13.5. The number of benzene rings is 1. The van der Waals surface area contributed by atoms with E-state index in [4.69, 9.17) is 14.2 Å². The fraction of sp³-hybridized carbons (Fsp3) is 0.710. The lowest BCUT2D eigenvalue weighted by Gasteiger charge is -2.70. The van der Waals surface area contributed by atoms with Gasteiger partial charge in [-0.25, -0.2) is 4.79 Å². The van der Waals surface area contributed by atoms with Crippen LogP contribution in [-0.2, 0) is 23.8 Å². The van der Waals surface area contributed by atoms with Gasteiger partial charge in [0.15, 0.2) is 0 Å². The Labute approximate surface area is 225 Å². The van der Waals surface area contributed by atoms with Crippen molar-refractivity contribution in [3.05, 3.63) is 35.9 Å². The predicted molar refractivity (Wildman–Crippen MR) is 140 cm³/mol. The van der Waals surface area contributed by atoms with Gasteiger partial charge in [0, 0.05) is 31.1 Å². The molecule has 4 aliphatic rings. The molecule has 0 aliphatic heterocycles. The Balaban J connectivity index is 1.71. The first-order valence-electron chi connectivity index (χ1n) is 14.0. The number of aliphatic hydroxyl groups excluding tert-OH is 1. The highest BCUT2D eigenvalue weighted by molar-refractivity contribution is 5.89. The maximum Gasteiger partial charge on any atom is 0.338 e. The smallest absolute Gasteiger partial charge is 0.338 e. The van der Waals surface area contributed by atoms with E-state index in [9.17, 15) is 19.5 Å². The molecule has 5 rings (SSSR count). The Bertz CT molecular complexity index is 1110. The molecule has 0 saturated heterocycles. The molecule has 38 heavy (non-hydrogen) atoms. The molecule has 1 spiro atoms. The van der Waals surface area contributed by atoms with Gasteiger partial charge in [-0.15, -0.1) is 0 Å². The minimum absolute atomic E-state index is 0.237. The lowest BCUT2D eigenvalue weighted by Crippen LogP contribution is -2.74. The summed E-state index contributed by atoms with van der Waals surface area (Å²) in [6.45, 7) is 11.6. The summed E-state index contributed by atoms with van der Waals surface area (Å²) in [7, 11) is 0. The first-order chi connectivity index (χ1) is 17.7. The quantitative estimate of drug-likeness (QED) is 0.431. The minimum Gasteiger partial charge on any atom is -0.462 e. The van der Waals surface area contributed by atoms with Crippen molar-refractivity contribution in [3.63, 3.8) is 0 Å². The molecule has 0 amide bonds. The summed E-state index contributed by atoms with van der Waals surface area (Å²) in [5, 5.41) is 11.3. The van der Waals surface area contributed by atoms with Crippen LogP contribution in [0.1, 0.15) is 90.4 Å². The largest absolute Gasteiger partial charge is 0.462 e. The van der Waals surface area contributed by atoms with Crippen LogP contribution in [0.3, 0.4) is 0 Å². The van der Waals surface area contributed by atoms with Crippen molar-refractivity contribution in [3.8, 4) is 0 Å². The number of fused-ring (bicyclic) bond motifs is 2. The maximum atomic E-state index is 13.5. The van der Waals surface area contributed by atoms with Gasteiger partial charge in [-0.3, -0.25) is 9.59 Å². The van der Waals surface area contributed by atoms with E-state index in [-0.39, 0.29) is 40.2 Å². The Hall–Kier alpha value is -2.41. The van der Waals surface area contributed by atoms with Crippen LogP contribution in [0.5, 0.6) is 0 Å². The monoisotopic (exact) mass is 526 g/mol. The number of hydrogen-bond donors (Lipinski definition) is 1. The van der Waals surface area contributed by atoms with Gasteiger partial charge in [-0.1, -0.05) is 45.9 Å². The first kappa shape index (κ1) is 27.2.